The van der Waals surface area contributed by atoms with Gasteiger partial charge in [-0.1, -0.05) is 138 Å². The number of anilines is 6. The fourth-order valence-corrected chi connectivity index (χ4v) is 13.4. The second-order valence-corrected chi connectivity index (χ2v) is 25.4. The Morgan fingerprint density at radius 2 is 0.910 bits per heavy atom. The second kappa shape index (κ2) is 13.8. The summed E-state index contributed by atoms with van der Waals surface area (Å²) < 4.78 is 7.64. The number of fused-ring (bicyclic) bond motifs is 9. The largest absolute Gasteiger partial charge is 0.468 e. The number of rotatable bonds is 3. The quantitative estimate of drug-likeness (QED) is 0.165. The highest BCUT2D eigenvalue weighted by Crippen LogP contribution is 2.55. The maximum absolute atomic E-state index is 7.64. The average molecular weight is 881 g/mol. The van der Waals surface area contributed by atoms with Gasteiger partial charge in [-0.15, -0.1) is 0 Å². The normalized spacial score (nSPS) is 20.6. The van der Waals surface area contributed by atoms with Gasteiger partial charge in [0.15, 0.2) is 0 Å². The molecule has 6 aromatic carbocycles. The van der Waals surface area contributed by atoms with E-state index in [1.165, 1.54) is 114 Å². The van der Waals surface area contributed by atoms with Crippen LogP contribution in [0.3, 0.4) is 0 Å². The minimum atomic E-state index is -0.101. The molecule has 3 heterocycles. The van der Waals surface area contributed by atoms with Crippen LogP contribution >= 0.6 is 0 Å². The predicted octanol–water partition coefficient (Wildman–Crippen LogP) is 15.5. The fraction of sp³-hybridized carbons (Fsp3) is 0.397. The average Bonchev–Trinajstić information content (AvgIpc) is 3.66. The van der Waals surface area contributed by atoms with Gasteiger partial charge in [0.05, 0.1) is 11.3 Å². The van der Waals surface area contributed by atoms with E-state index >= 15 is 0 Å². The minimum Gasteiger partial charge on any atom is -0.468 e. The van der Waals surface area contributed by atoms with Crippen LogP contribution < -0.4 is 26.4 Å². The number of benzene rings is 6. The van der Waals surface area contributed by atoms with Crippen LogP contribution in [0, 0.1) is 6.92 Å². The van der Waals surface area contributed by atoms with E-state index < -0.39 is 0 Å². The maximum Gasteiger partial charge on any atom is 0.297 e. The highest BCUT2D eigenvalue weighted by atomic mass is 16.3. The lowest BCUT2D eigenvalue weighted by Crippen LogP contribution is -2.61. The molecule has 0 saturated heterocycles. The first-order valence-electron chi connectivity index (χ1n) is 25.4. The van der Waals surface area contributed by atoms with Crippen LogP contribution in [-0.4, -0.2) is 6.71 Å². The molecule has 2 aliphatic heterocycles. The summed E-state index contributed by atoms with van der Waals surface area (Å²) in [5, 5.41) is 1.21. The van der Waals surface area contributed by atoms with Crippen molar-refractivity contribution in [2.24, 2.45) is 0 Å². The van der Waals surface area contributed by atoms with E-state index in [0.29, 0.717) is 0 Å². The Bertz CT molecular complexity index is 3210. The standard InChI is InChI=1S/C63H69BN2O/c1-38-31-52-55-53(32-38)66(41-21-19-40(20-22-41)39-17-15-14-16-18-39)56-43-34-46-49(63(12,13)30-27-60(46,6)7)37-54(43)67-57(56)64(55)50-35-47-48(62(10,11)29-28-61(47,8)9)36-51(50)65(52)42-23-24-44-45(33-42)59(4,5)26-25-58(44,2)3/h14-24,31-37H,25-30H2,1-13H3. The first kappa shape index (κ1) is 42.8. The third kappa shape index (κ3) is 6.22. The van der Waals surface area contributed by atoms with Gasteiger partial charge < -0.3 is 14.2 Å². The monoisotopic (exact) mass is 881 g/mol. The summed E-state index contributed by atoms with van der Waals surface area (Å²) in [6.45, 7) is 31.7. The molecule has 0 amide bonds. The molecule has 7 aromatic rings. The smallest absolute Gasteiger partial charge is 0.297 e. The predicted molar refractivity (Wildman–Crippen MR) is 286 cm³/mol. The summed E-state index contributed by atoms with van der Waals surface area (Å²) in [4.78, 5) is 5.25. The summed E-state index contributed by atoms with van der Waals surface area (Å²) >= 11 is 0. The van der Waals surface area contributed by atoms with Gasteiger partial charge in [-0.2, -0.15) is 0 Å². The lowest BCUT2D eigenvalue weighted by molar-refractivity contribution is 0.332. The summed E-state index contributed by atoms with van der Waals surface area (Å²) in [7, 11) is 0. The third-order valence-electron chi connectivity index (χ3n) is 18.1. The summed E-state index contributed by atoms with van der Waals surface area (Å²) in [6.07, 6.45) is 7.03. The number of aryl methyl sites for hydroxylation is 1. The topological polar surface area (TPSA) is 19.6 Å². The van der Waals surface area contributed by atoms with Crippen LogP contribution in [0.5, 0.6) is 0 Å². The van der Waals surface area contributed by atoms with Crippen molar-refractivity contribution in [3.8, 4) is 11.1 Å². The molecule has 1 aromatic heterocycles. The SMILES string of the molecule is Cc1cc2c3c(c1)N(c1ccc(-c4ccccc4)cc1)c1c(oc4cc5c(cc14)C(C)(C)CCC5(C)C)B3c1cc3c(cc1N2c1ccc2c(c1)C(C)(C)CCC2(C)C)C(C)(C)CCC3(C)C. The molecule has 3 nitrogen and oxygen atoms in total. The number of furan rings is 1. The van der Waals surface area contributed by atoms with Crippen molar-refractivity contribution in [1.29, 1.82) is 0 Å². The molecular weight excluding hydrogens is 812 g/mol. The molecule has 0 spiro atoms. The van der Waals surface area contributed by atoms with Gasteiger partial charge in [0.25, 0.3) is 6.71 Å². The molecule has 0 unspecified atom stereocenters. The first-order chi connectivity index (χ1) is 31.6. The lowest BCUT2D eigenvalue weighted by atomic mass is 9.35. The van der Waals surface area contributed by atoms with Gasteiger partial charge in [-0.3, -0.25) is 0 Å². The lowest BCUT2D eigenvalue weighted by Gasteiger charge is -2.47. The highest BCUT2D eigenvalue weighted by Gasteiger charge is 2.50. The fourth-order valence-electron chi connectivity index (χ4n) is 13.4. The molecule has 0 fully saturated rings. The van der Waals surface area contributed by atoms with E-state index in [4.69, 9.17) is 4.42 Å². The van der Waals surface area contributed by atoms with Gasteiger partial charge in [0, 0.05) is 33.8 Å². The molecule has 3 aliphatic carbocycles. The van der Waals surface area contributed by atoms with Crippen molar-refractivity contribution < 1.29 is 4.42 Å². The zero-order valence-electron chi connectivity index (χ0n) is 42.5. The molecule has 340 valence electrons. The Balaban J connectivity index is 1.19. The van der Waals surface area contributed by atoms with Gasteiger partial charge in [-0.25, -0.2) is 0 Å². The molecule has 67 heavy (non-hydrogen) atoms. The molecule has 0 radical (unpaired) electrons. The molecule has 0 bridgehead atoms. The summed E-state index contributed by atoms with van der Waals surface area (Å²) in [5.74, 6) is 0. The first-order valence-corrected chi connectivity index (χ1v) is 25.4. The van der Waals surface area contributed by atoms with Gasteiger partial charge in [-0.05, 0) is 194 Å². The van der Waals surface area contributed by atoms with E-state index in [2.05, 4.69) is 209 Å². The highest BCUT2D eigenvalue weighted by molar-refractivity contribution is 7.00. The van der Waals surface area contributed by atoms with Crippen LogP contribution in [0.25, 0.3) is 22.1 Å². The molecule has 0 N–H and O–H groups in total. The van der Waals surface area contributed by atoms with Crippen LogP contribution in [0.4, 0.5) is 34.1 Å². The van der Waals surface area contributed by atoms with Crippen molar-refractivity contribution in [2.75, 3.05) is 9.80 Å². The van der Waals surface area contributed by atoms with Crippen LogP contribution in [0.1, 0.15) is 161 Å². The summed E-state index contributed by atoms with van der Waals surface area (Å²) in [5.41, 5.74) is 25.0. The van der Waals surface area contributed by atoms with Gasteiger partial charge >= 0.3 is 0 Å². The zero-order valence-corrected chi connectivity index (χ0v) is 42.5. The molecule has 12 rings (SSSR count). The molecule has 5 aliphatic rings. The Morgan fingerprint density at radius 1 is 0.433 bits per heavy atom. The minimum absolute atomic E-state index is 0.0383. The number of nitrogens with zero attached hydrogens (tertiary/aromatic N) is 2. The zero-order chi connectivity index (χ0) is 47.0. The Kier molecular flexibility index (Phi) is 8.84. The van der Waals surface area contributed by atoms with Crippen LogP contribution in [0.15, 0.2) is 114 Å². The van der Waals surface area contributed by atoms with Crippen molar-refractivity contribution in [3.05, 3.63) is 148 Å². The Morgan fingerprint density at radius 3 is 1.51 bits per heavy atom. The van der Waals surface area contributed by atoms with Gasteiger partial charge in [0.1, 0.15) is 5.58 Å². The number of hydrogen-bond acceptors (Lipinski definition) is 3. The maximum atomic E-state index is 7.64. The number of hydrogen-bond donors (Lipinski definition) is 0. The van der Waals surface area contributed by atoms with Crippen molar-refractivity contribution >= 4 is 68.4 Å². The molecule has 4 heteroatoms. The summed E-state index contributed by atoms with van der Waals surface area (Å²) in [6, 6.07) is 42.8. The van der Waals surface area contributed by atoms with E-state index in [9.17, 15) is 0 Å². The van der Waals surface area contributed by atoms with Crippen LogP contribution in [0.2, 0.25) is 0 Å². The Hall–Kier alpha value is -5.48. The van der Waals surface area contributed by atoms with Gasteiger partial charge in [0.2, 0.25) is 0 Å². The van der Waals surface area contributed by atoms with E-state index in [1.807, 2.05) is 0 Å². The van der Waals surface area contributed by atoms with E-state index in [1.54, 1.807) is 0 Å². The Labute approximate surface area is 401 Å². The second-order valence-electron chi connectivity index (χ2n) is 25.4. The van der Waals surface area contributed by atoms with Crippen molar-refractivity contribution in [2.45, 2.75) is 161 Å². The molecule has 0 saturated carbocycles. The van der Waals surface area contributed by atoms with E-state index in [0.717, 1.165) is 36.2 Å². The third-order valence-corrected chi connectivity index (χ3v) is 18.1. The van der Waals surface area contributed by atoms with Crippen molar-refractivity contribution in [3.63, 3.8) is 0 Å². The van der Waals surface area contributed by atoms with E-state index in [-0.39, 0.29) is 39.2 Å². The molecule has 0 atom stereocenters. The van der Waals surface area contributed by atoms with Crippen molar-refractivity contribution in [1.82, 2.24) is 0 Å². The molecular formula is C63H69BN2O. The van der Waals surface area contributed by atoms with Crippen LogP contribution in [-0.2, 0) is 32.5 Å².